The fraction of sp³-hybridized carbons (Fsp3) is 0.429. The molecule has 0 aromatic heterocycles. The summed E-state index contributed by atoms with van der Waals surface area (Å²) in [6, 6.07) is 0. The van der Waals surface area contributed by atoms with E-state index in [1.54, 1.807) is 13.0 Å². The van der Waals surface area contributed by atoms with E-state index in [2.05, 4.69) is 0 Å². The number of hydrogen-bond acceptors (Lipinski definition) is 5. The lowest BCUT2D eigenvalue weighted by molar-refractivity contribution is -0.122. The van der Waals surface area contributed by atoms with Gasteiger partial charge in [0.15, 0.2) is 0 Å². The number of thioether (sulfide) groups is 1. The molecule has 0 aliphatic carbocycles. The Hall–Kier alpha value is -0.440. The molecule has 5 nitrogen and oxygen atoms in total. The Morgan fingerprint density at radius 3 is 2.60 bits per heavy atom. The predicted octanol–water partition coefficient (Wildman–Crippen LogP) is 0.638. The number of rotatable bonds is 3. The van der Waals surface area contributed by atoms with Gasteiger partial charge in [-0.15, -0.1) is 0 Å². The maximum atomic E-state index is 11.5. The third-order valence-electron chi connectivity index (χ3n) is 1.71. The van der Waals surface area contributed by atoms with Gasteiger partial charge in [-0.1, -0.05) is 30.1 Å². The monoisotopic (exact) mass is 267 g/mol. The van der Waals surface area contributed by atoms with E-state index in [1.165, 1.54) is 4.90 Å². The van der Waals surface area contributed by atoms with Crippen LogP contribution in [0.5, 0.6) is 0 Å². The molecule has 0 atom stereocenters. The molecule has 0 spiro atoms. The Balaban J connectivity index is 2.72. The average Bonchev–Trinajstić information content (AvgIpc) is 2.37. The molecule has 1 rings (SSSR count). The fourth-order valence-electron chi connectivity index (χ4n) is 0.991. The van der Waals surface area contributed by atoms with Gasteiger partial charge in [0.05, 0.1) is 10.7 Å². The van der Waals surface area contributed by atoms with Crippen LogP contribution in [0, 0.1) is 0 Å². The number of hydrogen-bond donors (Lipinski definition) is 1. The van der Waals surface area contributed by atoms with E-state index in [9.17, 15) is 13.2 Å². The van der Waals surface area contributed by atoms with Crippen LogP contribution in [0.25, 0.3) is 0 Å². The fourth-order valence-corrected chi connectivity index (χ4v) is 2.64. The zero-order chi connectivity index (χ0) is 11.6. The SMILES string of the molecule is C/C=C1/SC(=S)N(CCS(=O)(=O)O)C1=O. The predicted molar refractivity (Wildman–Crippen MR) is 62.1 cm³/mol. The topological polar surface area (TPSA) is 74.7 Å². The molecule has 1 fully saturated rings. The second-order valence-electron chi connectivity index (χ2n) is 2.76. The van der Waals surface area contributed by atoms with Gasteiger partial charge in [-0.05, 0) is 6.92 Å². The number of allylic oxidation sites excluding steroid dienone is 1. The van der Waals surface area contributed by atoms with Crippen LogP contribution in [0.1, 0.15) is 6.92 Å². The molecule has 0 saturated carbocycles. The second-order valence-corrected chi connectivity index (χ2v) is 6.01. The van der Waals surface area contributed by atoms with Crippen molar-refractivity contribution in [2.45, 2.75) is 6.92 Å². The first-order chi connectivity index (χ1) is 6.85. The van der Waals surface area contributed by atoms with Crippen molar-refractivity contribution in [2.75, 3.05) is 12.3 Å². The van der Waals surface area contributed by atoms with Crippen LogP contribution in [0.2, 0.25) is 0 Å². The quantitative estimate of drug-likeness (QED) is 0.459. The van der Waals surface area contributed by atoms with Crippen LogP contribution in [0.4, 0.5) is 0 Å². The van der Waals surface area contributed by atoms with Crippen molar-refractivity contribution in [1.82, 2.24) is 4.90 Å². The Labute approximate surface area is 97.3 Å². The van der Waals surface area contributed by atoms with Crippen molar-refractivity contribution in [3.63, 3.8) is 0 Å². The van der Waals surface area contributed by atoms with Crippen LogP contribution in [0.3, 0.4) is 0 Å². The lowest BCUT2D eigenvalue weighted by atomic mass is 10.4. The lowest BCUT2D eigenvalue weighted by Gasteiger charge is -2.12. The van der Waals surface area contributed by atoms with E-state index >= 15 is 0 Å². The molecular weight excluding hydrogens is 258 g/mol. The molecule has 0 unspecified atom stereocenters. The van der Waals surface area contributed by atoms with Crippen molar-refractivity contribution in [1.29, 1.82) is 0 Å². The molecular formula is C7H9NO4S3. The molecule has 1 saturated heterocycles. The van der Waals surface area contributed by atoms with E-state index in [1.807, 2.05) is 0 Å². The number of carbonyl (C=O) groups is 1. The van der Waals surface area contributed by atoms with Gasteiger partial charge in [0.1, 0.15) is 4.32 Å². The summed E-state index contributed by atoms with van der Waals surface area (Å²) in [5.74, 6) is -0.813. The summed E-state index contributed by atoms with van der Waals surface area (Å²) < 4.78 is 29.9. The van der Waals surface area contributed by atoms with E-state index in [0.29, 0.717) is 9.23 Å². The van der Waals surface area contributed by atoms with Crippen molar-refractivity contribution in [3.05, 3.63) is 11.0 Å². The highest BCUT2D eigenvalue weighted by atomic mass is 32.2. The minimum atomic E-state index is -4.06. The van der Waals surface area contributed by atoms with Crippen LogP contribution < -0.4 is 0 Å². The normalized spacial score (nSPS) is 20.4. The number of thiocarbonyl (C=S) groups is 1. The van der Waals surface area contributed by atoms with Gasteiger partial charge < -0.3 is 0 Å². The first-order valence-electron chi connectivity index (χ1n) is 4.00. The molecule has 0 radical (unpaired) electrons. The Bertz CT molecular complexity index is 426. The molecule has 1 heterocycles. The number of carbonyl (C=O) groups excluding carboxylic acids is 1. The first-order valence-corrected chi connectivity index (χ1v) is 6.83. The third kappa shape index (κ3) is 3.26. The first kappa shape index (κ1) is 12.6. The van der Waals surface area contributed by atoms with Crippen molar-refractivity contribution >= 4 is 44.3 Å². The van der Waals surface area contributed by atoms with Gasteiger partial charge >= 0.3 is 0 Å². The summed E-state index contributed by atoms with van der Waals surface area (Å²) >= 11 is 6.02. The molecule has 8 heteroatoms. The molecule has 1 amide bonds. The van der Waals surface area contributed by atoms with Gasteiger partial charge in [-0.25, -0.2) is 0 Å². The molecule has 0 bridgehead atoms. The van der Waals surface area contributed by atoms with Crippen LogP contribution in [-0.2, 0) is 14.9 Å². The molecule has 0 aromatic carbocycles. The van der Waals surface area contributed by atoms with Crippen LogP contribution in [0.15, 0.2) is 11.0 Å². The molecule has 15 heavy (non-hydrogen) atoms. The van der Waals surface area contributed by atoms with E-state index in [-0.39, 0.29) is 12.5 Å². The molecule has 0 aromatic rings. The summed E-state index contributed by atoms with van der Waals surface area (Å²) in [4.78, 5) is 13.2. The molecule has 1 N–H and O–H groups in total. The molecule has 1 aliphatic heterocycles. The van der Waals surface area contributed by atoms with E-state index in [0.717, 1.165) is 11.8 Å². The lowest BCUT2D eigenvalue weighted by Crippen LogP contribution is -2.32. The zero-order valence-electron chi connectivity index (χ0n) is 7.84. The summed E-state index contributed by atoms with van der Waals surface area (Å²) in [5.41, 5.74) is 0. The average molecular weight is 267 g/mol. The van der Waals surface area contributed by atoms with Crippen LogP contribution >= 0.6 is 24.0 Å². The van der Waals surface area contributed by atoms with Crippen molar-refractivity contribution in [2.24, 2.45) is 0 Å². The third-order valence-corrected chi connectivity index (χ3v) is 3.90. The van der Waals surface area contributed by atoms with Gasteiger partial charge in [-0.2, -0.15) is 8.42 Å². The zero-order valence-corrected chi connectivity index (χ0v) is 10.3. The summed E-state index contributed by atoms with van der Waals surface area (Å²) in [7, 11) is -4.06. The summed E-state index contributed by atoms with van der Waals surface area (Å²) in [5, 5.41) is 0. The number of nitrogens with zero attached hydrogens (tertiary/aromatic N) is 1. The Kier molecular flexibility index (Phi) is 3.87. The highest BCUT2D eigenvalue weighted by Gasteiger charge is 2.31. The van der Waals surface area contributed by atoms with E-state index < -0.39 is 15.9 Å². The van der Waals surface area contributed by atoms with Gasteiger partial charge in [-0.3, -0.25) is 14.2 Å². The van der Waals surface area contributed by atoms with Crippen molar-refractivity contribution < 1.29 is 17.8 Å². The standard InChI is InChI=1S/C7H9NO4S3/c1-2-5-6(9)8(7(13)14-5)3-4-15(10,11)12/h2H,3-4H2,1H3,(H,10,11,12)/b5-2+. The van der Waals surface area contributed by atoms with Crippen molar-refractivity contribution in [3.8, 4) is 0 Å². The highest BCUT2D eigenvalue weighted by Crippen LogP contribution is 2.30. The Morgan fingerprint density at radius 1 is 1.60 bits per heavy atom. The van der Waals surface area contributed by atoms with Gasteiger partial charge in [0.2, 0.25) is 0 Å². The van der Waals surface area contributed by atoms with Gasteiger partial charge in [0, 0.05) is 6.54 Å². The smallest absolute Gasteiger partial charge is 0.266 e. The maximum Gasteiger partial charge on any atom is 0.266 e. The van der Waals surface area contributed by atoms with Crippen LogP contribution in [-0.4, -0.2) is 40.4 Å². The summed E-state index contributed by atoms with van der Waals surface area (Å²) in [6.45, 7) is 1.59. The second kappa shape index (κ2) is 4.60. The maximum absolute atomic E-state index is 11.5. The Morgan fingerprint density at radius 2 is 2.20 bits per heavy atom. The molecule has 84 valence electrons. The summed E-state index contributed by atoms with van der Waals surface area (Å²) in [6.07, 6.45) is 1.62. The number of amides is 1. The van der Waals surface area contributed by atoms with E-state index in [4.69, 9.17) is 16.8 Å². The molecule has 1 aliphatic rings. The minimum Gasteiger partial charge on any atom is -0.292 e. The highest BCUT2D eigenvalue weighted by molar-refractivity contribution is 8.26. The minimum absolute atomic E-state index is 0.110. The largest absolute Gasteiger partial charge is 0.292 e. The van der Waals surface area contributed by atoms with Gasteiger partial charge in [0.25, 0.3) is 16.0 Å².